The molecule has 0 spiro atoms. The fourth-order valence-electron chi connectivity index (χ4n) is 3.06. The van der Waals surface area contributed by atoms with E-state index in [0.29, 0.717) is 35.5 Å². The highest BCUT2D eigenvalue weighted by molar-refractivity contribution is 6.07. The number of nitrogens with zero attached hydrogens (tertiary/aromatic N) is 1. The third-order valence-electron chi connectivity index (χ3n) is 4.29. The summed E-state index contributed by atoms with van der Waals surface area (Å²) in [5, 5.41) is 2.77. The van der Waals surface area contributed by atoms with E-state index in [0.717, 1.165) is 12.8 Å². The highest BCUT2D eigenvalue weighted by Crippen LogP contribution is 2.26. The summed E-state index contributed by atoms with van der Waals surface area (Å²) in [5.41, 5.74) is 1.87. The Morgan fingerprint density at radius 2 is 2.08 bits per heavy atom. The highest BCUT2D eigenvalue weighted by atomic mass is 19.1. The number of carbonyl (C=O) groups is 1. The van der Waals surface area contributed by atoms with Crippen molar-refractivity contribution >= 4 is 11.6 Å². The number of aryl methyl sites for hydroxylation is 1. The van der Waals surface area contributed by atoms with Crippen molar-refractivity contribution in [2.45, 2.75) is 32.7 Å². The first-order valence-electron chi connectivity index (χ1n) is 7.89. The molecule has 0 atom stereocenters. The van der Waals surface area contributed by atoms with Gasteiger partial charge in [0.25, 0.3) is 11.5 Å². The number of fused-ring (bicyclic) bond motifs is 1. The number of rotatable bonds is 3. The van der Waals surface area contributed by atoms with Crippen LogP contribution in [0.2, 0.25) is 0 Å². The van der Waals surface area contributed by atoms with Crippen molar-refractivity contribution in [3.05, 3.63) is 57.3 Å². The summed E-state index contributed by atoms with van der Waals surface area (Å²) in [5.74, 6) is -0.415. The van der Waals surface area contributed by atoms with Gasteiger partial charge in [-0.3, -0.25) is 9.59 Å². The van der Waals surface area contributed by atoms with Gasteiger partial charge in [0.15, 0.2) is 0 Å². The van der Waals surface area contributed by atoms with Crippen molar-refractivity contribution in [3.8, 4) is 5.75 Å². The van der Waals surface area contributed by atoms with Crippen molar-refractivity contribution in [1.29, 1.82) is 0 Å². The molecule has 0 radical (unpaired) electrons. The largest absolute Gasteiger partial charge is 0.496 e. The molecule has 1 N–H and O–H groups in total. The lowest BCUT2D eigenvalue weighted by Crippen LogP contribution is -2.30. The third kappa shape index (κ3) is 2.91. The van der Waals surface area contributed by atoms with Crippen molar-refractivity contribution in [1.82, 2.24) is 4.57 Å². The fraction of sp³-hybridized carbons (Fsp3) is 0.333. The second-order valence-electron chi connectivity index (χ2n) is 5.90. The summed E-state index contributed by atoms with van der Waals surface area (Å²) in [6, 6.07) is 5.74. The Hall–Kier alpha value is -2.63. The predicted molar refractivity (Wildman–Crippen MR) is 89.3 cm³/mol. The molecule has 1 aromatic carbocycles. The molecule has 0 unspecified atom stereocenters. The van der Waals surface area contributed by atoms with Crippen LogP contribution in [0.1, 0.15) is 34.5 Å². The third-order valence-corrected chi connectivity index (χ3v) is 4.29. The van der Waals surface area contributed by atoms with Crippen LogP contribution in [-0.4, -0.2) is 17.6 Å². The van der Waals surface area contributed by atoms with Crippen LogP contribution < -0.4 is 15.6 Å². The number of hydrogen-bond donors (Lipinski definition) is 1. The Labute approximate surface area is 139 Å². The molecular weight excluding hydrogens is 311 g/mol. The molecule has 0 fully saturated rings. The molecule has 1 aromatic heterocycles. The van der Waals surface area contributed by atoms with Crippen LogP contribution in [0.25, 0.3) is 0 Å². The normalized spacial score (nSPS) is 13.3. The number of carbonyl (C=O) groups excluding carboxylic acids is 1. The van der Waals surface area contributed by atoms with Crippen LogP contribution >= 0.6 is 0 Å². The van der Waals surface area contributed by atoms with E-state index in [1.54, 1.807) is 17.6 Å². The van der Waals surface area contributed by atoms with E-state index in [1.165, 1.54) is 25.3 Å². The van der Waals surface area contributed by atoms with E-state index in [4.69, 9.17) is 4.74 Å². The summed E-state index contributed by atoms with van der Waals surface area (Å²) in [6.07, 6.45) is 2.48. The maximum atomic E-state index is 13.4. The molecule has 24 heavy (non-hydrogen) atoms. The standard InChI is InChI=1S/C18H19FN2O3/c1-11-9-12(6-7-13(11)19)20-18(23)17-14-5-3-4-8-21(14)16(22)10-15(17)24-2/h6-7,9-10H,3-5,8H2,1-2H3,(H,20,23). The molecule has 6 heteroatoms. The maximum Gasteiger partial charge on any atom is 0.261 e. The van der Waals surface area contributed by atoms with Crippen LogP contribution in [-0.2, 0) is 13.0 Å². The van der Waals surface area contributed by atoms with Crippen LogP contribution in [0.15, 0.2) is 29.1 Å². The van der Waals surface area contributed by atoms with Crippen molar-refractivity contribution < 1.29 is 13.9 Å². The molecule has 0 aliphatic carbocycles. The van der Waals surface area contributed by atoms with Crippen molar-refractivity contribution in [3.63, 3.8) is 0 Å². The minimum absolute atomic E-state index is 0.157. The topological polar surface area (TPSA) is 60.3 Å². The predicted octanol–water partition coefficient (Wildman–Crippen LogP) is 2.89. The Morgan fingerprint density at radius 3 is 2.79 bits per heavy atom. The minimum atomic E-state index is -0.358. The Kier molecular flexibility index (Phi) is 4.38. The highest BCUT2D eigenvalue weighted by Gasteiger charge is 2.24. The maximum absolute atomic E-state index is 13.4. The van der Waals surface area contributed by atoms with Crippen LogP contribution in [0.3, 0.4) is 0 Å². The molecule has 2 aromatic rings. The number of ether oxygens (including phenoxy) is 1. The number of benzene rings is 1. The van der Waals surface area contributed by atoms with Gasteiger partial charge in [0.2, 0.25) is 0 Å². The number of nitrogens with one attached hydrogen (secondary N) is 1. The first-order valence-corrected chi connectivity index (χ1v) is 7.89. The smallest absolute Gasteiger partial charge is 0.261 e. The Bertz CT molecular complexity index is 858. The zero-order valence-corrected chi connectivity index (χ0v) is 13.7. The van der Waals surface area contributed by atoms with Gasteiger partial charge in [0.05, 0.1) is 7.11 Å². The number of methoxy groups -OCH3 is 1. The number of pyridine rings is 1. The first-order chi connectivity index (χ1) is 11.5. The number of amides is 1. The first kappa shape index (κ1) is 16.2. The van der Waals surface area contributed by atoms with Gasteiger partial charge in [0.1, 0.15) is 17.1 Å². The van der Waals surface area contributed by atoms with Crippen LogP contribution in [0.5, 0.6) is 5.75 Å². The van der Waals surface area contributed by atoms with Crippen LogP contribution in [0, 0.1) is 12.7 Å². The fourth-order valence-corrected chi connectivity index (χ4v) is 3.06. The molecule has 1 aliphatic rings. The molecule has 3 rings (SSSR count). The lowest BCUT2D eigenvalue weighted by molar-refractivity contribution is 0.102. The van der Waals surface area contributed by atoms with Crippen molar-refractivity contribution in [2.75, 3.05) is 12.4 Å². The quantitative estimate of drug-likeness (QED) is 0.941. The summed E-state index contributed by atoms with van der Waals surface area (Å²) in [6.45, 7) is 2.24. The van der Waals surface area contributed by atoms with Gasteiger partial charge in [-0.2, -0.15) is 0 Å². The second-order valence-corrected chi connectivity index (χ2v) is 5.90. The molecule has 126 valence electrons. The number of halogens is 1. The molecule has 1 aliphatic heterocycles. The molecule has 2 heterocycles. The summed E-state index contributed by atoms with van der Waals surface area (Å²) < 4.78 is 20.3. The summed E-state index contributed by atoms with van der Waals surface area (Å²) in [4.78, 5) is 24.9. The Morgan fingerprint density at radius 1 is 1.29 bits per heavy atom. The van der Waals surface area contributed by atoms with Gasteiger partial charge >= 0.3 is 0 Å². The van der Waals surface area contributed by atoms with E-state index >= 15 is 0 Å². The lowest BCUT2D eigenvalue weighted by Gasteiger charge is -2.22. The van der Waals surface area contributed by atoms with Gasteiger partial charge in [-0.15, -0.1) is 0 Å². The SMILES string of the molecule is COc1cc(=O)n2c(c1C(=O)Nc1ccc(F)c(C)c1)CCCC2. The van der Waals surface area contributed by atoms with Gasteiger partial charge < -0.3 is 14.6 Å². The molecule has 5 nitrogen and oxygen atoms in total. The molecule has 0 saturated carbocycles. The summed E-state index contributed by atoms with van der Waals surface area (Å²) >= 11 is 0. The minimum Gasteiger partial charge on any atom is -0.496 e. The zero-order chi connectivity index (χ0) is 17.3. The molecule has 0 bridgehead atoms. The number of anilines is 1. The second kappa shape index (κ2) is 6.47. The van der Waals surface area contributed by atoms with Crippen LogP contribution in [0.4, 0.5) is 10.1 Å². The monoisotopic (exact) mass is 330 g/mol. The van der Waals surface area contributed by atoms with E-state index < -0.39 is 0 Å². The molecular formula is C18H19FN2O3. The zero-order valence-electron chi connectivity index (χ0n) is 13.7. The molecule has 1 amide bonds. The summed E-state index contributed by atoms with van der Waals surface area (Å²) in [7, 11) is 1.44. The van der Waals surface area contributed by atoms with Gasteiger partial charge in [-0.05, 0) is 49.9 Å². The van der Waals surface area contributed by atoms with Gasteiger partial charge in [-0.25, -0.2) is 4.39 Å². The van der Waals surface area contributed by atoms with Crippen molar-refractivity contribution in [2.24, 2.45) is 0 Å². The van der Waals surface area contributed by atoms with E-state index in [1.807, 2.05) is 0 Å². The number of hydrogen-bond acceptors (Lipinski definition) is 3. The average Bonchev–Trinajstić information content (AvgIpc) is 2.58. The Balaban J connectivity index is 2.02. The molecule has 0 saturated heterocycles. The van der Waals surface area contributed by atoms with E-state index in [-0.39, 0.29) is 23.0 Å². The van der Waals surface area contributed by atoms with Gasteiger partial charge in [0, 0.05) is 24.0 Å². The average molecular weight is 330 g/mol. The van der Waals surface area contributed by atoms with E-state index in [2.05, 4.69) is 5.32 Å². The van der Waals surface area contributed by atoms with Gasteiger partial charge in [-0.1, -0.05) is 0 Å². The van der Waals surface area contributed by atoms with E-state index in [9.17, 15) is 14.0 Å². The number of aromatic nitrogens is 1. The lowest BCUT2D eigenvalue weighted by atomic mass is 10.0.